The number of nitrogens with one attached hydrogen (secondary N) is 1. The highest BCUT2D eigenvalue weighted by Gasteiger charge is 2.37. The van der Waals surface area contributed by atoms with E-state index in [9.17, 15) is 9.59 Å². The third-order valence-corrected chi connectivity index (χ3v) is 6.86. The van der Waals surface area contributed by atoms with Gasteiger partial charge in [0.05, 0.1) is 0 Å². The van der Waals surface area contributed by atoms with Crippen molar-refractivity contribution in [2.24, 2.45) is 0 Å². The minimum Gasteiger partial charge on any atom is -0.325 e. The summed E-state index contributed by atoms with van der Waals surface area (Å²) in [7, 11) is 0. The Kier molecular flexibility index (Phi) is 5.36. The largest absolute Gasteiger partial charge is 0.325 e. The highest BCUT2D eigenvalue weighted by atomic mass is 32.2. The van der Waals surface area contributed by atoms with Crippen LogP contribution in [0.25, 0.3) is 0 Å². The SMILES string of the molecule is CC(=O)c1cccc(NC(=O)[C@@H](Sc2nnc(C3CC3)n2C2CC2)c2ccccc2)c1. The van der Waals surface area contributed by atoms with Crippen LogP contribution >= 0.6 is 11.8 Å². The number of carbonyl (C=O) groups excluding carboxylic acids is 2. The third kappa shape index (κ3) is 4.42. The standard InChI is InChI=1S/C24H24N4O2S/c1-15(29)18-8-5-9-19(14-18)25-23(30)21(16-6-3-2-4-7-16)31-24-27-26-22(17-10-11-17)28(24)20-12-13-20/h2-9,14,17,20-21H,10-13H2,1H3,(H,25,30)/t21-/m0/s1. The van der Waals surface area contributed by atoms with Crippen molar-refractivity contribution in [1.29, 1.82) is 0 Å². The first-order chi connectivity index (χ1) is 15.1. The van der Waals surface area contributed by atoms with Gasteiger partial charge in [0, 0.05) is 23.2 Å². The van der Waals surface area contributed by atoms with Gasteiger partial charge in [-0.25, -0.2) is 0 Å². The molecule has 1 N–H and O–H groups in total. The van der Waals surface area contributed by atoms with Gasteiger partial charge in [0.25, 0.3) is 0 Å². The van der Waals surface area contributed by atoms with Crippen molar-refractivity contribution in [3.63, 3.8) is 0 Å². The molecule has 2 fully saturated rings. The van der Waals surface area contributed by atoms with E-state index in [4.69, 9.17) is 0 Å². The Labute approximate surface area is 185 Å². The summed E-state index contributed by atoms with van der Waals surface area (Å²) < 4.78 is 2.27. The van der Waals surface area contributed by atoms with E-state index in [-0.39, 0.29) is 11.7 Å². The van der Waals surface area contributed by atoms with Crippen LogP contribution in [0.1, 0.15) is 71.6 Å². The maximum Gasteiger partial charge on any atom is 0.242 e. The predicted octanol–water partition coefficient (Wildman–Crippen LogP) is 5.17. The number of amides is 1. The van der Waals surface area contributed by atoms with Gasteiger partial charge < -0.3 is 9.88 Å². The molecule has 5 rings (SSSR count). The second-order valence-electron chi connectivity index (χ2n) is 8.25. The Morgan fingerprint density at radius 3 is 2.48 bits per heavy atom. The Bertz CT molecular complexity index is 1120. The van der Waals surface area contributed by atoms with Crippen molar-refractivity contribution in [2.75, 3.05) is 5.32 Å². The van der Waals surface area contributed by atoms with E-state index >= 15 is 0 Å². The van der Waals surface area contributed by atoms with Crippen molar-refractivity contribution < 1.29 is 9.59 Å². The lowest BCUT2D eigenvalue weighted by Gasteiger charge is -2.18. The first-order valence-corrected chi connectivity index (χ1v) is 11.6. The Balaban J connectivity index is 1.44. The third-order valence-electron chi connectivity index (χ3n) is 5.65. The van der Waals surface area contributed by atoms with Gasteiger partial charge in [0.1, 0.15) is 11.1 Å². The fourth-order valence-corrected chi connectivity index (χ4v) is 4.81. The molecule has 7 heteroatoms. The Hall–Kier alpha value is -2.93. The smallest absolute Gasteiger partial charge is 0.242 e. The van der Waals surface area contributed by atoms with Crippen molar-refractivity contribution in [1.82, 2.24) is 14.8 Å². The van der Waals surface area contributed by atoms with Crippen LogP contribution in [-0.4, -0.2) is 26.5 Å². The molecule has 2 aromatic carbocycles. The van der Waals surface area contributed by atoms with E-state index in [1.54, 1.807) is 24.3 Å². The summed E-state index contributed by atoms with van der Waals surface area (Å²) >= 11 is 1.45. The summed E-state index contributed by atoms with van der Waals surface area (Å²) in [5.74, 6) is 1.41. The number of hydrogen-bond donors (Lipinski definition) is 1. The lowest BCUT2D eigenvalue weighted by atomic mass is 10.1. The highest BCUT2D eigenvalue weighted by Crippen LogP contribution is 2.47. The van der Waals surface area contributed by atoms with E-state index in [2.05, 4.69) is 20.1 Å². The fraction of sp³-hybridized carbons (Fsp3) is 0.333. The summed E-state index contributed by atoms with van der Waals surface area (Å²) in [6.07, 6.45) is 4.63. The first kappa shape index (κ1) is 20.0. The molecule has 0 unspecified atom stereocenters. The molecule has 158 valence electrons. The molecule has 0 spiro atoms. The topological polar surface area (TPSA) is 76.9 Å². The van der Waals surface area contributed by atoms with Gasteiger partial charge in [0.15, 0.2) is 10.9 Å². The number of hydrogen-bond acceptors (Lipinski definition) is 5. The summed E-state index contributed by atoms with van der Waals surface area (Å²) in [5, 5.41) is 12.3. The van der Waals surface area contributed by atoms with Gasteiger partial charge in [-0.3, -0.25) is 9.59 Å². The number of benzene rings is 2. The van der Waals surface area contributed by atoms with Gasteiger partial charge in [-0.15, -0.1) is 10.2 Å². The number of anilines is 1. The lowest BCUT2D eigenvalue weighted by molar-refractivity contribution is -0.115. The normalized spacial score (nSPS) is 16.7. The molecule has 31 heavy (non-hydrogen) atoms. The molecule has 3 aromatic rings. The van der Waals surface area contributed by atoms with Gasteiger partial charge in [0.2, 0.25) is 5.91 Å². The molecule has 0 saturated heterocycles. The molecule has 1 atom stereocenters. The zero-order chi connectivity index (χ0) is 21.4. The number of nitrogens with zero attached hydrogens (tertiary/aromatic N) is 3. The van der Waals surface area contributed by atoms with Crippen molar-refractivity contribution in [3.05, 3.63) is 71.5 Å². The molecular formula is C24H24N4O2S. The summed E-state index contributed by atoms with van der Waals surface area (Å²) in [6, 6.07) is 17.2. The van der Waals surface area contributed by atoms with E-state index in [0.29, 0.717) is 23.2 Å². The average molecular weight is 433 g/mol. The molecule has 2 saturated carbocycles. The zero-order valence-electron chi connectivity index (χ0n) is 17.3. The summed E-state index contributed by atoms with van der Waals surface area (Å²) in [5.41, 5.74) is 2.09. The van der Waals surface area contributed by atoms with Crippen LogP contribution in [0, 0.1) is 0 Å². The number of rotatable bonds is 8. The number of Topliss-reactive ketones (excluding diaryl/α,β-unsaturated/α-hetero) is 1. The van der Waals surface area contributed by atoms with Crippen LogP contribution in [0.3, 0.4) is 0 Å². The quantitative estimate of drug-likeness (QED) is 0.393. The maximum absolute atomic E-state index is 13.4. The molecule has 2 aliphatic rings. The molecule has 0 bridgehead atoms. The van der Waals surface area contributed by atoms with E-state index in [1.165, 1.54) is 31.5 Å². The monoisotopic (exact) mass is 432 g/mol. The van der Waals surface area contributed by atoms with Gasteiger partial charge in [-0.1, -0.05) is 54.2 Å². The minimum atomic E-state index is -0.476. The van der Waals surface area contributed by atoms with Crippen LogP contribution in [0.15, 0.2) is 59.8 Å². The van der Waals surface area contributed by atoms with Crippen molar-refractivity contribution in [2.45, 2.75) is 55.0 Å². The van der Waals surface area contributed by atoms with Crippen LogP contribution in [0.5, 0.6) is 0 Å². The number of thioether (sulfide) groups is 1. The fourth-order valence-electron chi connectivity index (χ4n) is 3.69. The molecule has 1 aromatic heterocycles. The zero-order valence-corrected chi connectivity index (χ0v) is 18.1. The molecule has 0 aliphatic heterocycles. The highest BCUT2D eigenvalue weighted by molar-refractivity contribution is 8.00. The number of aromatic nitrogens is 3. The maximum atomic E-state index is 13.4. The van der Waals surface area contributed by atoms with Crippen LogP contribution in [0.4, 0.5) is 5.69 Å². The predicted molar refractivity (Wildman–Crippen MR) is 120 cm³/mol. The second-order valence-corrected chi connectivity index (χ2v) is 9.32. The van der Waals surface area contributed by atoms with Crippen LogP contribution < -0.4 is 5.32 Å². The van der Waals surface area contributed by atoms with Crippen LogP contribution in [-0.2, 0) is 4.79 Å². The molecule has 6 nitrogen and oxygen atoms in total. The van der Waals surface area contributed by atoms with E-state index in [1.807, 2.05) is 30.3 Å². The number of ketones is 1. The van der Waals surface area contributed by atoms with Gasteiger partial charge >= 0.3 is 0 Å². The van der Waals surface area contributed by atoms with Gasteiger partial charge in [-0.2, -0.15) is 0 Å². The average Bonchev–Trinajstić information content (AvgIpc) is 3.71. The van der Waals surface area contributed by atoms with E-state index < -0.39 is 5.25 Å². The second kappa shape index (κ2) is 8.30. The Morgan fingerprint density at radius 2 is 1.81 bits per heavy atom. The van der Waals surface area contributed by atoms with Gasteiger partial charge in [-0.05, 0) is 50.3 Å². The first-order valence-electron chi connectivity index (χ1n) is 10.7. The summed E-state index contributed by atoms with van der Waals surface area (Å²) in [4.78, 5) is 25.1. The van der Waals surface area contributed by atoms with Crippen LogP contribution in [0.2, 0.25) is 0 Å². The molecule has 0 radical (unpaired) electrons. The van der Waals surface area contributed by atoms with Crippen molar-refractivity contribution in [3.8, 4) is 0 Å². The number of carbonyl (C=O) groups is 2. The molecule has 1 heterocycles. The molecule has 2 aliphatic carbocycles. The van der Waals surface area contributed by atoms with Crippen molar-refractivity contribution >= 4 is 29.1 Å². The minimum absolute atomic E-state index is 0.0322. The Morgan fingerprint density at radius 1 is 1.03 bits per heavy atom. The van der Waals surface area contributed by atoms with E-state index in [0.717, 1.165) is 29.4 Å². The summed E-state index contributed by atoms with van der Waals surface area (Å²) in [6.45, 7) is 1.52. The lowest BCUT2D eigenvalue weighted by Crippen LogP contribution is -2.20. The molecular weight excluding hydrogens is 408 g/mol. The molecule has 1 amide bonds.